The SMILES string of the molecule is O=C(C1CC1)N1CCC(Oc2nc3ccc(C4=CCN(S(=O)(=O)CCC5(O)CC5)CC4)cc3s2)CC1. The number of likely N-dealkylation sites (tertiary alicyclic amines) is 1. The van der Waals surface area contributed by atoms with E-state index in [1.165, 1.54) is 15.6 Å². The van der Waals surface area contributed by atoms with Crippen molar-refractivity contribution in [1.29, 1.82) is 0 Å². The van der Waals surface area contributed by atoms with Gasteiger partial charge in [0, 0.05) is 44.9 Å². The maximum absolute atomic E-state index is 12.7. The maximum atomic E-state index is 12.7. The van der Waals surface area contributed by atoms with Gasteiger partial charge in [-0.25, -0.2) is 13.4 Å². The second-order valence-electron chi connectivity index (χ2n) is 10.7. The molecule has 0 unspecified atom stereocenters. The number of rotatable bonds is 8. The number of benzene rings is 1. The second kappa shape index (κ2) is 9.38. The molecule has 0 radical (unpaired) electrons. The van der Waals surface area contributed by atoms with Crippen LogP contribution in [0.15, 0.2) is 24.3 Å². The third-order valence-electron chi connectivity index (χ3n) is 7.91. The number of aromatic nitrogens is 1. The predicted molar refractivity (Wildman–Crippen MR) is 139 cm³/mol. The normalized spacial score (nSPS) is 23.0. The van der Waals surface area contributed by atoms with Gasteiger partial charge in [-0.15, -0.1) is 0 Å². The van der Waals surface area contributed by atoms with Crippen LogP contribution in [0.3, 0.4) is 0 Å². The van der Waals surface area contributed by atoms with Crippen LogP contribution in [0.2, 0.25) is 0 Å². The third-order valence-corrected chi connectivity index (χ3v) is 10.7. The number of sulfonamides is 1. The Morgan fingerprint density at radius 3 is 2.61 bits per heavy atom. The van der Waals surface area contributed by atoms with Gasteiger partial charge in [-0.3, -0.25) is 4.79 Å². The molecule has 2 aliphatic heterocycles. The Morgan fingerprint density at radius 2 is 1.94 bits per heavy atom. The lowest BCUT2D eigenvalue weighted by molar-refractivity contribution is -0.134. The second-order valence-corrected chi connectivity index (χ2v) is 13.8. The molecule has 8 nitrogen and oxygen atoms in total. The number of piperidine rings is 1. The molecular formula is C26H33N3O5S2. The standard InChI is InChI=1S/C26H33N3O5S2/c30-24(19-1-2-19)28-12-7-21(8-13-28)34-25-27-22-4-3-20(17-23(22)35-25)18-5-14-29(15-6-18)36(32,33)16-11-26(31)9-10-26/h3-5,17,19,21,31H,1-2,6-16H2. The highest BCUT2D eigenvalue weighted by molar-refractivity contribution is 7.89. The van der Waals surface area contributed by atoms with Gasteiger partial charge in [0.1, 0.15) is 6.10 Å². The molecule has 0 atom stereocenters. The maximum Gasteiger partial charge on any atom is 0.274 e. The molecule has 0 bridgehead atoms. The van der Waals surface area contributed by atoms with Crippen LogP contribution in [-0.4, -0.2) is 77.3 Å². The van der Waals surface area contributed by atoms with Crippen molar-refractivity contribution in [3.05, 3.63) is 29.8 Å². The third kappa shape index (κ3) is 5.32. The summed E-state index contributed by atoms with van der Waals surface area (Å²) in [6.45, 7) is 2.35. The van der Waals surface area contributed by atoms with Gasteiger partial charge in [0.25, 0.3) is 5.19 Å². The van der Waals surface area contributed by atoms with Gasteiger partial charge in [-0.2, -0.15) is 4.31 Å². The first kappa shape index (κ1) is 24.3. The lowest BCUT2D eigenvalue weighted by atomic mass is 10.0. The van der Waals surface area contributed by atoms with E-state index in [0.29, 0.717) is 49.9 Å². The summed E-state index contributed by atoms with van der Waals surface area (Å²) in [6.07, 6.45) is 8.26. The minimum Gasteiger partial charge on any atom is -0.467 e. The van der Waals surface area contributed by atoms with Crippen LogP contribution in [0.25, 0.3) is 15.8 Å². The summed E-state index contributed by atoms with van der Waals surface area (Å²) in [6, 6.07) is 6.17. The highest BCUT2D eigenvalue weighted by Gasteiger charge is 2.41. The fraction of sp³-hybridized carbons (Fsp3) is 0.615. The molecule has 1 N–H and O–H groups in total. The fourth-order valence-electron chi connectivity index (χ4n) is 5.09. The van der Waals surface area contributed by atoms with Crippen LogP contribution >= 0.6 is 11.3 Å². The average molecular weight is 532 g/mol. The molecule has 3 fully saturated rings. The van der Waals surface area contributed by atoms with Gasteiger partial charge in [0.2, 0.25) is 15.9 Å². The van der Waals surface area contributed by atoms with Crippen molar-refractivity contribution in [3.8, 4) is 5.19 Å². The fourth-order valence-corrected chi connectivity index (χ4v) is 7.57. The first-order valence-electron chi connectivity index (χ1n) is 13.0. The summed E-state index contributed by atoms with van der Waals surface area (Å²) in [5.74, 6) is 0.599. The average Bonchev–Trinajstić information content (AvgIpc) is 3.81. The summed E-state index contributed by atoms with van der Waals surface area (Å²) in [4.78, 5) is 18.9. The predicted octanol–water partition coefficient (Wildman–Crippen LogP) is 3.41. The van der Waals surface area contributed by atoms with Gasteiger partial charge in [0.15, 0.2) is 0 Å². The topological polar surface area (TPSA) is 100 Å². The largest absolute Gasteiger partial charge is 0.467 e. The summed E-state index contributed by atoms with van der Waals surface area (Å²) < 4.78 is 34.1. The van der Waals surface area contributed by atoms with E-state index < -0.39 is 15.6 Å². The smallest absolute Gasteiger partial charge is 0.274 e. The van der Waals surface area contributed by atoms with E-state index in [1.54, 1.807) is 0 Å². The number of amides is 1. The molecule has 2 saturated carbocycles. The Hall–Kier alpha value is -2.01. The number of fused-ring (bicyclic) bond motifs is 1. The van der Waals surface area contributed by atoms with E-state index in [2.05, 4.69) is 11.1 Å². The van der Waals surface area contributed by atoms with Crippen LogP contribution < -0.4 is 4.74 Å². The molecule has 0 spiro atoms. The van der Waals surface area contributed by atoms with Crippen molar-refractivity contribution in [2.24, 2.45) is 5.92 Å². The highest BCUT2D eigenvalue weighted by atomic mass is 32.2. The van der Waals surface area contributed by atoms with Crippen molar-refractivity contribution < 1.29 is 23.1 Å². The number of carbonyl (C=O) groups excluding carboxylic acids is 1. The minimum absolute atomic E-state index is 0.0120. The zero-order valence-electron chi connectivity index (χ0n) is 20.4. The van der Waals surface area contributed by atoms with Gasteiger partial charge in [0.05, 0.1) is 21.6 Å². The van der Waals surface area contributed by atoms with Gasteiger partial charge in [-0.05, 0) is 61.8 Å². The lowest BCUT2D eigenvalue weighted by Crippen LogP contribution is -2.42. The minimum atomic E-state index is -3.35. The van der Waals surface area contributed by atoms with Gasteiger partial charge >= 0.3 is 0 Å². The van der Waals surface area contributed by atoms with E-state index >= 15 is 0 Å². The Bertz CT molecular complexity index is 1290. The van der Waals surface area contributed by atoms with E-state index in [9.17, 15) is 18.3 Å². The molecule has 10 heteroatoms. The van der Waals surface area contributed by atoms with Crippen molar-refractivity contribution >= 4 is 43.1 Å². The van der Waals surface area contributed by atoms with E-state index in [0.717, 1.165) is 60.1 Å². The number of carbonyl (C=O) groups is 1. The Morgan fingerprint density at radius 1 is 1.17 bits per heavy atom. The van der Waals surface area contributed by atoms with E-state index in [-0.39, 0.29) is 17.8 Å². The first-order chi connectivity index (χ1) is 17.3. The lowest BCUT2D eigenvalue weighted by Gasteiger charge is -2.31. The molecule has 6 rings (SSSR count). The van der Waals surface area contributed by atoms with Gasteiger partial charge in [-0.1, -0.05) is 23.5 Å². The molecular weight excluding hydrogens is 498 g/mol. The quantitative estimate of drug-likeness (QED) is 0.560. The molecule has 4 aliphatic rings. The Kier molecular flexibility index (Phi) is 6.34. The van der Waals surface area contributed by atoms with Crippen molar-refractivity contribution in [2.75, 3.05) is 31.9 Å². The molecule has 1 saturated heterocycles. The highest BCUT2D eigenvalue weighted by Crippen LogP contribution is 2.39. The molecule has 2 aromatic rings. The van der Waals surface area contributed by atoms with E-state index in [4.69, 9.17) is 4.74 Å². The number of aliphatic hydroxyl groups is 1. The number of ether oxygens (including phenoxy) is 1. The van der Waals surface area contributed by atoms with Crippen molar-refractivity contribution in [3.63, 3.8) is 0 Å². The number of hydrogen-bond acceptors (Lipinski definition) is 7. The summed E-state index contributed by atoms with van der Waals surface area (Å²) in [5, 5.41) is 10.7. The van der Waals surface area contributed by atoms with Crippen molar-refractivity contribution in [2.45, 2.75) is 63.1 Å². The number of thiazole rings is 1. The Labute approximate surface area is 216 Å². The number of hydrogen-bond donors (Lipinski definition) is 1. The summed E-state index contributed by atoms with van der Waals surface area (Å²) in [7, 11) is -3.35. The first-order valence-corrected chi connectivity index (χ1v) is 15.5. The summed E-state index contributed by atoms with van der Waals surface area (Å²) in [5.41, 5.74) is 2.39. The molecule has 36 heavy (non-hydrogen) atoms. The number of nitrogens with zero attached hydrogens (tertiary/aromatic N) is 3. The van der Waals surface area contributed by atoms with Gasteiger partial charge < -0.3 is 14.7 Å². The van der Waals surface area contributed by atoms with Crippen LogP contribution in [-0.2, 0) is 14.8 Å². The van der Waals surface area contributed by atoms with Crippen LogP contribution in [0.4, 0.5) is 0 Å². The molecule has 2 aliphatic carbocycles. The van der Waals surface area contributed by atoms with Crippen LogP contribution in [0.1, 0.15) is 56.9 Å². The summed E-state index contributed by atoms with van der Waals surface area (Å²) >= 11 is 1.54. The molecule has 1 aromatic carbocycles. The molecule has 1 aromatic heterocycles. The molecule has 3 heterocycles. The Balaban J connectivity index is 1.06. The zero-order valence-corrected chi connectivity index (χ0v) is 22.0. The zero-order chi connectivity index (χ0) is 24.9. The van der Waals surface area contributed by atoms with Crippen molar-refractivity contribution in [1.82, 2.24) is 14.2 Å². The molecule has 194 valence electrons. The monoisotopic (exact) mass is 531 g/mol. The molecule has 1 amide bonds. The van der Waals surface area contributed by atoms with Crippen LogP contribution in [0.5, 0.6) is 5.19 Å². The van der Waals surface area contributed by atoms with E-state index in [1.807, 2.05) is 23.1 Å². The van der Waals surface area contributed by atoms with Crippen LogP contribution in [0, 0.1) is 5.92 Å².